The van der Waals surface area contributed by atoms with Crippen molar-refractivity contribution in [2.24, 2.45) is 22.3 Å². The first kappa shape index (κ1) is 21.5. The van der Waals surface area contributed by atoms with Crippen LogP contribution in [0.3, 0.4) is 0 Å². The molecule has 2 unspecified atom stereocenters. The fourth-order valence-electron chi connectivity index (χ4n) is 3.94. The van der Waals surface area contributed by atoms with E-state index in [1.807, 2.05) is 13.0 Å². The molecule has 0 saturated heterocycles. The van der Waals surface area contributed by atoms with Crippen molar-refractivity contribution < 1.29 is 0 Å². The number of fused-ring (bicyclic) bond motifs is 1. The molecule has 3 rings (SSSR count). The molecule has 0 aromatic heterocycles. The Bertz CT molecular complexity index is 983. The molecule has 6 nitrogen and oxygen atoms in total. The molecule has 0 spiro atoms. The minimum absolute atomic E-state index is 0.0538. The van der Waals surface area contributed by atoms with Crippen LogP contribution in [0, 0.1) is 6.92 Å². The van der Waals surface area contributed by atoms with Gasteiger partial charge in [-0.2, -0.15) is 0 Å². The van der Waals surface area contributed by atoms with Crippen LogP contribution in [0.25, 0.3) is 11.3 Å². The van der Waals surface area contributed by atoms with Crippen LogP contribution in [0.4, 0.5) is 5.69 Å². The number of benzene rings is 2. The van der Waals surface area contributed by atoms with Gasteiger partial charge in [0.1, 0.15) is 0 Å². The van der Waals surface area contributed by atoms with E-state index in [4.69, 9.17) is 17.3 Å². The summed E-state index contributed by atoms with van der Waals surface area (Å²) in [4.78, 5) is 4.13. The Balaban J connectivity index is 2.17. The minimum Gasteiger partial charge on any atom is -0.404 e. The van der Waals surface area contributed by atoms with Crippen molar-refractivity contribution in [3.05, 3.63) is 76.6 Å². The summed E-state index contributed by atoms with van der Waals surface area (Å²) >= 11 is 0. The first-order valence-corrected chi connectivity index (χ1v) is 10.2. The average molecular weight is 405 g/mol. The number of aryl methyl sites for hydroxylation is 1. The van der Waals surface area contributed by atoms with Gasteiger partial charge in [-0.15, -0.1) is 0 Å². The Morgan fingerprint density at radius 2 is 1.90 bits per heavy atom. The summed E-state index contributed by atoms with van der Waals surface area (Å²) < 4.78 is 0. The lowest BCUT2D eigenvalue weighted by molar-refractivity contribution is 0.301. The number of nitrogens with zero attached hydrogens (tertiary/aromatic N) is 2. The molecule has 30 heavy (non-hydrogen) atoms. The zero-order valence-corrected chi connectivity index (χ0v) is 18.2. The normalized spacial score (nSPS) is 21.4. The van der Waals surface area contributed by atoms with Crippen molar-refractivity contribution in [1.82, 2.24) is 5.01 Å². The molecule has 0 saturated carbocycles. The maximum atomic E-state index is 6.50. The van der Waals surface area contributed by atoms with Crippen LogP contribution in [-0.4, -0.2) is 24.3 Å². The number of aliphatic imine (C=N–C) groups is 1. The second kappa shape index (κ2) is 9.05. The monoisotopic (exact) mass is 404 g/mol. The van der Waals surface area contributed by atoms with Crippen molar-refractivity contribution in [3.8, 4) is 0 Å². The summed E-state index contributed by atoms with van der Waals surface area (Å²) in [7, 11) is 1.74. The molecule has 0 fully saturated rings. The Morgan fingerprint density at radius 3 is 2.50 bits per heavy atom. The predicted octanol–water partition coefficient (Wildman–Crippen LogP) is 3.76. The van der Waals surface area contributed by atoms with E-state index in [1.165, 1.54) is 5.56 Å². The third-order valence-electron chi connectivity index (χ3n) is 5.54. The maximum absolute atomic E-state index is 6.50. The first-order chi connectivity index (χ1) is 14.3. The van der Waals surface area contributed by atoms with Gasteiger partial charge in [0, 0.05) is 48.0 Å². The van der Waals surface area contributed by atoms with Crippen LogP contribution in [0.5, 0.6) is 0 Å². The van der Waals surface area contributed by atoms with Gasteiger partial charge in [0.25, 0.3) is 0 Å². The van der Waals surface area contributed by atoms with Gasteiger partial charge >= 0.3 is 0 Å². The van der Waals surface area contributed by atoms with Crippen LogP contribution in [-0.2, 0) is 0 Å². The van der Waals surface area contributed by atoms with Crippen LogP contribution in [0.15, 0.2) is 59.4 Å². The molecule has 0 bridgehead atoms. The maximum Gasteiger partial charge on any atom is 0.0780 e. The second-order valence-corrected chi connectivity index (χ2v) is 7.90. The van der Waals surface area contributed by atoms with Crippen molar-refractivity contribution in [3.63, 3.8) is 0 Å². The number of allylic oxidation sites excluding steroid dienone is 2. The molecule has 2 atom stereocenters. The number of hydrogen-bond donors (Lipinski definition) is 4. The van der Waals surface area contributed by atoms with Gasteiger partial charge in [-0.3, -0.25) is 4.99 Å². The van der Waals surface area contributed by atoms with Crippen LogP contribution in [0.2, 0.25) is 0 Å². The molecule has 158 valence electrons. The standard InChI is InChI=1S/C24H32N6/c1-15-5-8-20(9-6-15)29-23-11-16(2)30(27)24(17(3)26)21-10-7-18(12-22(21)23)19(13-25)14-28-4/h5-10,12-14,16,23,29H,11,25-27H2,1-4H3/b19-13?,24-17-,28-14?. The Labute approximate surface area is 179 Å². The predicted molar refractivity (Wildman–Crippen MR) is 127 cm³/mol. The molecule has 0 amide bonds. The van der Waals surface area contributed by atoms with Gasteiger partial charge in [0.2, 0.25) is 0 Å². The van der Waals surface area contributed by atoms with Crippen LogP contribution >= 0.6 is 0 Å². The molecule has 2 aromatic carbocycles. The van der Waals surface area contributed by atoms with Crippen molar-refractivity contribution in [2.75, 3.05) is 12.4 Å². The SMILES string of the molecule is CN=CC(=CN)c1ccc2c(c1)C(Nc1ccc(C)cc1)CC(C)N(N)/C2=C(/C)N. The summed E-state index contributed by atoms with van der Waals surface area (Å²) in [6.07, 6.45) is 4.17. The first-order valence-electron chi connectivity index (χ1n) is 10.2. The Morgan fingerprint density at radius 1 is 1.20 bits per heavy atom. The molecule has 1 aliphatic rings. The number of hydrazine groups is 1. The molecule has 7 N–H and O–H groups in total. The van der Waals surface area contributed by atoms with Crippen LogP contribution < -0.4 is 22.6 Å². The van der Waals surface area contributed by atoms with E-state index < -0.39 is 0 Å². The van der Waals surface area contributed by atoms with E-state index in [-0.39, 0.29) is 12.1 Å². The average Bonchev–Trinajstić information content (AvgIpc) is 2.82. The fraction of sp³-hybridized carbons (Fsp3) is 0.292. The number of hydrogen-bond acceptors (Lipinski definition) is 6. The lowest BCUT2D eigenvalue weighted by Crippen LogP contribution is -2.38. The van der Waals surface area contributed by atoms with Gasteiger partial charge in [-0.05, 0) is 56.5 Å². The van der Waals surface area contributed by atoms with Crippen molar-refractivity contribution >= 4 is 23.2 Å². The van der Waals surface area contributed by atoms with Crippen molar-refractivity contribution in [1.29, 1.82) is 0 Å². The summed E-state index contributed by atoms with van der Waals surface area (Å²) in [5.41, 5.74) is 20.0. The van der Waals surface area contributed by atoms with Gasteiger partial charge < -0.3 is 21.8 Å². The molecule has 2 aromatic rings. The Hall–Kier alpha value is -3.25. The lowest BCUT2D eigenvalue weighted by atomic mass is 9.92. The highest BCUT2D eigenvalue weighted by molar-refractivity contribution is 6.09. The van der Waals surface area contributed by atoms with Gasteiger partial charge in [0.05, 0.1) is 11.7 Å². The summed E-state index contributed by atoms with van der Waals surface area (Å²) in [5.74, 6) is 6.50. The highest BCUT2D eigenvalue weighted by Crippen LogP contribution is 2.38. The molecular formula is C24H32N6. The lowest BCUT2D eigenvalue weighted by Gasteiger charge is -2.28. The number of nitrogens with one attached hydrogen (secondary N) is 1. The molecule has 0 aliphatic carbocycles. The van der Waals surface area contributed by atoms with Crippen molar-refractivity contribution in [2.45, 2.75) is 39.3 Å². The van der Waals surface area contributed by atoms with E-state index in [1.54, 1.807) is 24.5 Å². The summed E-state index contributed by atoms with van der Waals surface area (Å²) in [5, 5.41) is 5.49. The van der Waals surface area contributed by atoms with E-state index >= 15 is 0 Å². The van der Waals surface area contributed by atoms with E-state index in [0.717, 1.165) is 40.1 Å². The minimum atomic E-state index is 0.0538. The molecule has 1 heterocycles. The number of nitrogens with two attached hydrogens (primary N) is 3. The van der Waals surface area contributed by atoms with E-state index in [2.05, 4.69) is 60.6 Å². The zero-order valence-electron chi connectivity index (χ0n) is 18.2. The van der Waals surface area contributed by atoms with Gasteiger partial charge in [0.15, 0.2) is 0 Å². The van der Waals surface area contributed by atoms with E-state index in [9.17, 15) is 0 Å². The Kier molecular flexibility index (Phi) is 6.47. The highest BCUT2D eigenvalue weighted by atomic mass is 15.4. The molecule has 6 heteroatoms. The third kappa shape index (κ3) is 4.33. The largest absolute Gasteiger partial charge is 0.404 e. The van der Waals surface area contributed by atoms with Gasteiger partial charge in [-0.1, -0.05) is 29.8 Å². The molecular weight excluding hydrogens is 372 g/mol. The second-order valence-electron chi connectivity index (χ2n) is 7.90. The summed E-state index contributed by atoms with van der Waals surface area (Å²) in [6.45, 7) is 6.10. The zero-order chi connectivity index (χ0) is 21.8. The highest BCUT2D eigenvalue weighted by Gasteiger charge is 2.30. The number of anilines is 1. The quantitative estimate of drug-likeness (QED) is 0.459. The van der Waals surface area contributed by atoms with Gasteiger partial charge in [-0.25, -0.2) is 5.84 Å². The van der Waals surface area contributed by atoms with Crippen LogP contribution in [0.1, 0.15) is 48.6 Å². The molecule has 1 aliphatic heterocycles. The number of rotatable bonds is 4. The third-order valence-corrected chi connectivity index (χ3v) is 5.54. The smallest absolute Gasteiger partial charge is 0.0780 e. The fourth-order valence-corrected chi connectivity index (χ4v) is 3.94. The molecule has 0 radical (unpaired) electrons. The summed E-state index contributed by atoms with van der Waals surface area (Å²) in [6, 6.07) is 14.9. The topological polar surface area (TPSA) is 106 Å². The van der Waals surface area contributed by atoms with E-state index in [0.29, 0.717) is 5.70 Å².